The van der Waals surface area contributed by atoms with Gasteiger partial charge in [-0.05, 0) is 19.1 Å². The number of ether oxygens (including phenoxy) is 1. The number of fused-ring (bicyclic) bond motifs is 1. The second-order valence-electron chi connectivity index (χ2n) is 6.29. The standard InChI is InChI=1S/C19H21N3O4/c1-12-13(2)26-18-14(12)6-5-7-15(18)19(23)21-11-10-20-16-8-3-4-9-17(16)22(24)25/h3-9,12-13,20H,10-11H2,1-2H3,(H,21,23)/t12-,13+/m1/s1. The van der Waals surface area contributed by atoms with Gasteiger partial charge in [0.25, 0.3) is 11.6 Å². The molecule has 0 aliphatic carbocycles. The Labute approximate surface area is 151 Å². The van der Waals surface area contributed by atoms with Crippen LogP contribution in [0.4, 0.5) is 11.4 Å². The fourth-order valence-corrected chi connectivity index (χ4v) is 3.02. The Bertz CT molecular complexity index is 837. The molecule has 0 fully saturated rings. The van der Waals surface area contributed by atoms with Gasteiger partial charge in [-0.2, -0.15) is 0 Å². The normalized spacial score (nSPS) is 17.9. The Hall–Kier alpha value is -3.09. The molecular weight excluding hydrogens is 334 g/mol. The van der Waals surface area contributed by atoms with Gasteiger partial charge in [-0.1, -0.05) is 31.2 Å². The van der Waals surface area contributed by atoms with Crippen LogP contribution in [0.25, 0.3) is 0 Å². The Balaban J connectivity index is 1.59. The number of hydrogen-bond acceptors (Lipinski definition) is 5. The van der Waals surface area contributed by atoms with E-state index in [9.17, 15) is 14.9 Å². The fraction of sp³-hybridized carbons (Fsp3) is 0.316. The monoisotopic (exact) mass is 355 g/mol. The lowest BCUT2D eigenvalue weighted by atomic mass is 9.97. The molecule has 3 rings (SSSR count). The number of nitro benzene ring substituents is 1. The second-order valence-corrected chi connectivity index (χ2v) is 6.29. The zero-order chi connectivity index (χ0) is 18.7. The molecule has 7 nitrogen and oxygen atoms in total. The third-order valence-corrected chi connectivity index (χ3v) is 4.62. The average Bonchev–Trinajstić information content (AvgIpc) is 2.93. The Kier molecular flexibility index (Phi) is 5.06. The number of amides is 1. The molecular formula is C19H21N3O4. The van der Waals surface area contributed by atoms with E-state index in [1.165, 1.54) is 6.07 Å². The summed E-state index contributed by atoms with van der Waals surface area (Å²) in [6.07, 6.45) is 0.0410. The number of carbonyl (C=O) groups excluding carboxylic acids is 1. The smallest absolute Gasteiger partial charge is 0.292 e. The van der Waals surface area contributed by atoms with Crippen molar-refractivity contribution in [2.75, 3.05) is 18.4 Å². The van der Waals surface area contributed by atoms with Crippen molar-refractivity contribution in [2.24, 2.45) is 0 Å². The van der Waals surface area contributed by atoms with Crippen molar-refractivity contribution in [2.45, 2.75) is 25.9 Å². The first-order valence-electron chi connectivity index (χ1n) is 8.54. The molecule has 2 aromatic rings. The van der Waals surface area contributed by atoms with Gasteiger partial charge in [0.1, 0.15) is 17.5 Å². The molecule has 0 saturated carbocycles. The van der Waals surface area contributed by atoms with E-state index in [-0.39, 0.29) is 23.6 Å². The molecule has 0 aromatic heterocycles. The lowest BCUT2D eigenvalue weighted by molar-refractivity contribution is -0.384. The zero-order valence-corrected chi connectivity index (χ0v) is 14.7. The minimum absolute atomic E-state index is 0.0103. The van der Waals surface area contributed by atoms with Gasteiger partial charge in [0.2, 0.25) is 0 Å². The highest BCUT2D eigenvalue weighted by Crippen LogP contribution is 2.40. The molecule has 2 aromatic carbocycles. The molecule has 2 atom stereocenters. The molecule has 136 valence electrons. The molecule has 1 heterocycles. The van der Waals surface area contributed by atoms with Crippen molar-refractivity contribution < 1.29 is 14.5 Å². The Morgan fingerprint density at radius 2 is 1.92 bits per heavy atom. The molecule has 0 spiro atoms. The van der Waals surface area contributed by atoms with Crippen molar-refractivity contribution in [1.82, 2.24) is 5.32 Å². The van der Waals surface area contributed by atoms with E-state index in [2.05, 4.69) is 17.6 Å². The molecule has 0 radical (unpaired) electrons. The second kappa shape index (κ2) is 7.43. The molecule has 0 saturated heterocycles. The number of anilines is 1. The van der Waals surface area contributed by atoms with Crippen LogP contribution in [0.15, 0.2) is 42.5 Å². The lowest BCUT2D eigenvalue weighted by Crippen LogP contribution is -2.29. The van der Waals surface area contributed by atoms with E-state index < -0.39 is 4.92 Å². The van der Waals surface area contributed by atoms with Crippen molar-refractivity contribution in [3.05, 3.63) is 63.7 Å². The van der Waals surface area contributed by atoms with Gasteiger partial charge in [0.15, 0.2) is 0 Å². The Morgan fingerprint density at radius 1 is 1.15 bits per heavy atom. The SMILES string of the molecule is C[C@@H]1Oc2c(C(=O)NCCNc3ccccc3[N+](=O)[O-])cccc2[C@@H]1C. The summed E-state index contributed by atoms with van der Waals surface area (Å²) in [6.45, 7) is 4.77. The van der Waals surface area contributed by atoms with Gasteiger partial charge in [0.05, 0.1) is 10.5 Å². The zero-order valence-electron chi connectivity index (χ0n) is 14.7. The van der Waals surface area contributed by atoms with E-state index in [1.807, 2.05) is 19.1 Å². The minimum atomic E-state index is -0.437. The summed E-state index contributed by atoms with van der Waals surface area (Å²) in [6, 6.07) is 12.0. The summed E-state index contributed by atoms with van der Waals surface area (Å²) in [5.41, 5.74) is 2.00. The molecule has 1 amide bonds. The third kappa shape index (κ3) is 3.46. The molecule has 7 heteroatoms. The molecule has 26 heavy (non-hydrogen) atoms. The van der Waals surface area contributed by atoms with E-state index in [0.29, 0.717) is 30.1 Å². The average molecular weight is 355 g/mol. The number of rotatable bonds is 6. The number of benzene rings is 2. The van der Waals surface area contributed by atoms with Crippen LogP contribution in [0.5, 0.6) is 5.75 Å². The minimum Gasteiger partial charge on any atom is -0.489 e. The number of nitro groups is 1. The summed E-state index contributed by atoms with van der Waals surface area (Å²) in [5.74, 6) is 0.683. The highest BCUT2D eigenvalue weighted by molar-refractivity contribution is 5.97. The van der Waals surface area contributed by atoms with Gasteiger partial charge in [-0.3, -0.25) is 14.9 Å². The van der Waals surface area contributed by atoms with Crippen LogP contribution in [0.3, 0.4) is 0 Å². The predicted octanol–water partition coefficient (Wildman–Crippen LogP) is 3.32. The van der Waals surface area contributed by atoms with E-state index in [1.54, 1.807) is 24.3 Å². The van der Waals surface area contributed by atoms with Crippen molar-refractivity contribution in [3.8, 4) is 5.75 Å². The first kappa shape index (κ1) is 17.7. The van der Waals surface area contributed by atoms with Crippen LogP contribution in [-0.2, 0) is 0 Å². The van der Waals surface area contributed by atoms with Gasteiger partial charge >= 0.3 is 0 Å². The maximum atomic E-state index is 12.5. The lowest BCUT2D eigenvalue weighted by Gasteiger charge is -2.11. The Morgan fingerprint density at radius 3 is 2.69 bits per heavy atom. The van der Waals surface area contributed by atoms with E-state index in [0.717, 1.165) is 5.56 Å². The van der Waals surface area contributed by atoms with Crippen LogP contribution < -0.4 is 15.4 Å². The number of carbonyl (C=O) groups is 1. The van der Waals surface area contributed by atoms with Crippen LogP contribution in [0.1, 0.15) is 35.7 Å². The van der Waals surface area contributed by atoms with Crippen molar-refractivity contribution in [3.63, 3.8) is 0 Å². The van der Waals surface area contributed by atoms with E-state index in [4.69, 9.17) is 4.74 Å². The van der Waals surface area contributed by atoms with Crippen LogP contribution in [0.2, 0.25) is 0 Å². The first-order valence-corrected chi connectivity index (χ1v) is 8.54. The van der Waals surface area contributed by atoms with Gasteiger partial charge in [-0.15, -0.1) is 0 Å². The van der Waals surface area contributed by atoms with Crippen molar-refractivity contribution >= 4 is 17.3 Å². The van der Waals surface area contributed by atoms with Gasteiger partial charge in [0, 0.05) is 30.6 Å². The molecule has 1 aliphatic rings. The van der Waals surface area contributed by atoms with Crippen LogP contribution >= 0.6 is 0 Å². The summed E-state index contributed by atoms with van der Waals surface area (Å²) in [7, 11) is 0. The quantitative estimate of drug-likeness (QED) is 0.471. The predicted molar refractivity (Wildman–Crippen MR) is 98.9 cm³/mol. The summed E-state index contributed by atoms with van der Waals surface area (Å²) >= 11 is 0. The summed E-state index contributed by atoms with van der Waals surface area (Å²) in [4.78, 5) is 23.0. The fourth-order valence-electron chi connectivity index (χ4n) is 3.02. The topological polar surface area (TPSA) is 93.5 Å². The highest BCUT2D eigenvalue weighted by Gasteiger charge is 2.30. The summed E-state index contributed by atoms with van der Waals surface area (Å²) < 4.78 is 5.84. The molecule has 2 N–H and O–H groups in total. The van der Waals surface area contributed by atoms with Gasteiger partial charge < -0.3 is 15.4 Å². The van der Waals surface area contributed by atoms with Gasteiger partial charge in [-0.25, -0.2) is 0 Å². The van der Waals surface area contributed by atoms with Crippen LogP contribution in [-0.4, -0.2) is 30.0 Å². The van der Waals surface area contributed by atoms with Crippen molar-refractivity contribution in [1.29, 1.82) is 0 Å². The number of hydrogen-bond donors (Lipinski definition) is 2. The number of nitrogens with zero attached hydrogens (tertiary/aromatic N) is 1. The van der Waals surface area contributed by atoms with E-state index >= 15 is 0 Å². The third-order valence-electron chi connectivity index (χ3n) is 4.62. The summed E-state index contributed by atoms with van der Waals surface area (Å²) in [5, 5.41) is 16.8. The largest absolute Gasteiger partial charge is 0.489 e. The molecule has 0 unspecified atom stereocenters. The number of para-hydroxylation sites is 3. The molecule has 1 aliphatic heterocycles. The highest BCUT2D eigenvalue weighted by atomic mass is 16.6. The maximum absolute atomic E-state index is 12.5. The van der Waals surface area contributed by atoms with Crippen LogP contribution in [0, 0.1) is 10.1 Å². The number of nitrogens with one attached hydrogen (secondary N) is 2. The molecule has 0 bridgehead atoms. The maximum Gasteiger partial charge on any atom is 0.292 e. The first-order chi connectivity index (χ1) is 12.5.